The molecule has 8 aromatic rings. The summed E-state index contributed by atoms with van der Waals surface area (Å²) in [5.74, 6) is -0.867. The highest BCUT2D eigenvalue weighted by Gasteiger charge is 2.24. The predicted molar refractivity (Wildman–Crippen MR) is 339 cm³/mol. The van der Waals surface area contributed by atoms with E-state index >= 15 is 0 Å². The number of carbonyl (C=O) groups excluding carboxylic acids is 3. The number of aromatic hydroxyl groups is 2. The van der Waals surface area contributed by atoms with Crippen LogP contribution in [-0.4, -0.2) is 64.5 Å². The Morgan fingerprint density at radius 3 is 1.84 bits per heavy atom. The van der Waals surface area contributed by atoms with Crippen LogP contribution in [0.3, 0.4) is 0 Å². The lowest BCUT2D eigenvalue weighted by Crippen LogP contribution is -2.41. The van der Waals surface area contributed by atoms with Crippen molar-refractivity contribution < 1.29 is 55.7 Å². The van der Waals surface area contributed by atoms with E-state index in [1.807, 2.05) is 43.3 Å². The maximum Gasteiger partial charge on any atom is 0.290 e. The first-order chi connectivity index (χ1) is 42.3. The molecule has 0 aliphatic heterocycles. The van der Waals surface area contributed by atoms with Gasteiger partial charge in [0.1, 0.15) is 17.1 Å². The Labute approximate surface area is 512 Å². The van der Waals surface area contributed by atoms with Gasteiger partial charge in [0.25, 0.3) is 31.9 Å². The molecule has 0 fully saturated rings. The van der Waals surface area contributed by atoms with Crippen molar-refractivity contribution >= 4 is 66.2 Å². The molecule has 0 aliphatic carbocycles. The van der Waals surface area contributed by atoms with Gasteiger partial charge in [0, 0.05) is 48.2 Å². The first kappa shape index (κ1) is 64.6. The van der Waals surface area contributed by atoms with Crippen LogP contribution < -0.4 is 52.0 Å². The van der Waals surface area contributed by atoms with Crippen LogP contribution in [0, 0.1) is 27.7 Å². The molecule has 8 rings (SSSR count). The van der Waals surface area contributed by atoms with Crippen molar-refractivity contribution in [2.75, 3.05) is 45.3 Å². The maximum absolute atomic E-state index is 13.8. The van der Waals surface area contributed by atoms with E-state index in [9.17, 15) is 41.4 Å². The Morgan fingerprint density at radius 1 is 0.568 bits per heavy atom. The molecule has 0 saturated carbocycles. The van der Waals surface area contributed by atoms with Crippen molar-refractivity contribution in [3.05, 3.63) is 215 Å². The van der Waals surface area contributed by atoms with E-state index in [-0.39, 0.29) is 51.8 Å². The number of hydroxylamine groups is 1. The summed E-state index contributed by atoms with van der Waals surface area (Å²) in [6.07, 6.45) is 7.08. The number of pyridine rings is 1. The molecule has 1 aromatic heterocycles. The standard InChI is InChI=1S/C65H72N10O11S2/c1-44-22-32-59(87(81,82)72-56-30-26-54(27-31-56)70-74-85-38-34-49-16-7-9-20-57(49)76)46(3)63(44)51-18-13-15-48(39-51)43-86-67-36-12-6-5-11-35-66-65(80)52-19-14-37-75(41-52)42-62(79)68-64-45(2)23-33-60(47(64)4)88(83,84)73-55-28-24-53(25-29-55)69-71-61(78)40-50-17-8-10-21-58(50)77/h7-10,13-33,37,39,41,67,69-70,72-74H,5-6,11-12,34-36,38,40,42-43H2,1-4H3,(H4-,66,68,71,76,77,78,79,80)/p+1. The number of anilines is 5. The molecule has 0 saturated heterocycles. The number of hydrogen-bond acceptors (Lipinski definition) is 15. The van der Waals surface area contributed by atoms with Crippen LogP contribution in [0.15, 0.2) is 180 Å². The van der Waals surface area contributed by atoms with Gasteiger partial charge in [-0.2, -0.15) is 4.57 Å². The minimum atomic E-state index is -4.11. The van der Waals surface area contributed by atoms with Gasteiger partial charge in [-0.05, 0) is 170 Å². The number of amides is 3. The number of unbranched alkanes of at least 4 members (excludes halogenated alkanes) is 3. The second kappa shape index (κ2) is 30.8. The van der Waals surface area contributed by atoms with Crippen LogP contribution in [0.5, 0.6) is 11.5 Å². The van der Waals surface area contributed by atoms with E-state index in [2.05, 4.69) is 47.4 Å². The predicted octanol–water partition coefficient (Wildman–Crippen LogP) is 9.31. The van der Waals surface area contributed by atoms with E-state index in [1.165, 1.54) is 24.3 Å². The van der Waals surface area contributed by atoms with Gasteiger partial charge in [0.15, 0.2) is 12.4 Å². The number of carbonyl (C=O) groups is 3. The molecule has 23 heteroatoms. The summed E-state index contributed by atoms with van der Waals surface area (Å²) >= 11 is 0. The molecule has 21 nitrogen and oxygen atoms in total. The number of nitrogens with one attached hydrogen (secondary N) is 9. The number of rotatable bonds is 31. The van der Waals surface area contributed by atoms with Gasteiger partial charge < -0.3 is 20.8 Å². The number of hydrazine groups is 2. The second-order valence-electron chi connectivity index (χ2n) is 20.9. The summed E-state index contributed by atoms with van der Waals surface area (Å²) in [6, 6.07) is 44.2. The van der Waals surface area contributed by atoms with Crippen LogP contribution >= 0.6 is 0 Å². The van der Waals surface area contributed by atoms with Gasteiger partial charge in [-0.3, -0.25) is 49.8 Å². The highest BCUT2D eigenvalue weighted by molar-refractivity contribution is 7.93. The zero-order valence-electron chi connectivity index (χ0n) is 49.3. The molecular formula is C65H73N10O11S2+. The number of nitrogens with zero attached hydrogens (tertiary/aromatic N) is 1. The molecule has 0 spiro atoms. The molecular weight excluding hydrogens is 1160 g/mol. The van der Waals surface area contributed by atoms with Crippen molar-refractivity contribution in [2.24, 2.45) is 0 Å². The normalized spacial score (nSPS) is 11.4. The molecule has 0 atom stereocenters. The zero-order valence-corrected chi connectivity index (χ0v) is 50.9. The Kier molecular flexibility index (Phi) is 22.6. The maximum atomic E-state index is 13.8. The van der Waals surface area contributed by atoms with Crippen molar-refractivity contribution in [1.82, 2.24) is 21.8 Å². The van der Waals surface area contributed by atoms with Gasteiger partial charge >= 0.3 is 0 Å². The SMILES string of the molecule is Cc1ccc(S(=O)(=O)Nc2ccc(NNC(=O)Cc3ccccc3O)cc2)c(C)c1NC(=O)C[n+]1cccc(C(=O)NCCCCCCNOCc2cccc(-c3c(C)ccc(S(=O)(=O)Nc4ccc(NNOCCc5ccccc5O)cc4)c3C)c2)c1. The van der Waals surface area contributed by atoms with Gasteiger partial charge in [0.05, 0.1) is 40.8 Å². The fourth-order valence-corrected chi connectivity index (χ4v) is 12.3. The monoisotopic (exact) mass is 1230 g/mol. The third-order valence-electron chi connectivity index (χ3n) is 14.3. The van der Waals surface area contributed by atoms with Crippen molar-refractivity contribution in [2.45, 2.75) is 89.2 Å². The highest BCUT2D eigenvalue weighted by Crippen LogP contribution is 2.34. The number of phenols is 2. The third kappa shape index (κ3) is 18.3. The highest BCUT2D eigenvalue weighted by atomic mass is 32.2. The Bertz CT molecular complexity index is 3970. The zero-order chi connectivity index (χ0) is 62.6. The summed E-state index contributed by atoms with van der Waals surface area (Å²) in [4.78, 5) is 50.3. The van der Waals surface area contributed by atoms with Crippen LogP contribution in [0.4, 0.5) is 28.4 Å². The largest absolute Gasteiger partial charge is 0.508 e. The van der Waals surface area contributed by atoms with E-state index < -0.39 is 26.0 Å². The first-order valence-electron chi connectivity index (χ1n) is 28.5. The number of aryl methyl sites for hydroxylation is 2. The second-order valence-corrected chi connectivity index (χ2v) is 24.2. The molecule has 0 radical (unpaired) electrons. The quantitative estimate of drug-likeness (QED) is 0.0110. The number of para-hydroxylation sites is 2. The topological polar surface area (TPSA) is 291 Å². The van der Waals surface area contributed by atoms with Crippen molar-refractivity contribution in [3.8, 4) is 22.6 Å². The van der Waals surface area contributed by atoms with Gasteiger partial charge in [0.2, 0.25) is 12.5 Å². The lowest BCUT2D eigenvalue weighted by Gasteiger charge is -2.17. The molecule has 7 aromatic carbocycles. The summed E-state index contributed by atoms with van der Waals surface area (Å²) in [5, 5.41) is 25.7. The molecule has 3 amide bonds. The van der Waals surface area contributed by atoms with E-state index in [1.54, 1.807) is 135 Å². The van der Waals surface area contributed by atoms with Crippen LogP contribution in [0.2, 0.25) is 0 Å². The van der Waals surface area contributed by atoms with Crippen molar-refractivity contribution in [3.63, 3.8) is 0 Å². The molecule has 1 heterocycles. The van der Waals surface area contributed by atoms with Gasteiger partial charge in [-0.25, -0.2) is 22.3 Å². The Morgan fingerprint density at radius 2 is 1.17 bits per heavy atom. The Hall–Kier alpha value is -9.36. The number of aromatic nitrogens is 1. The van der Waals surface area contributed by atoms with E-state index in [4.69, 9.17) is 9.68 Å². The van der Waals surface area contributed by atoms with E-state index in [0.717, 1.165) is 53.5 Å². The fraction of sp³-hybridized carbons (Fsp3) is 0.231. The lowest BCUT2D eigenvalue weighted by molar-refractivity contribution is -0.684. The number of hydrogen-bond donors (Lipinski definition) is 11. The smallest absolute Gasteiger partial charge is 0.290 e. The van der Waals surface area contributed by atoms with Gasteiger partial charge in [-0.15, -0.1) is 5.59 Å². The van der Waals surface area contributed by atoms with Crippen molar-refractivity contribution in [1.29, 1.82) is 0 Å². The summed E-state index contributed by atoms with van der Waals surface area (Å²) in [7, 11) is -8.08. The number of sulfonamides is 2. The molecule has 88 heavy (non-hydrogen) atoms. The number of phenolic OH excluding ortho intramolecular Hbond substituents is 2. The molecule has 11 N–H and O–H groups in total. The molecule has 460 valence electrons. The van der Waals surface area contributed by atoms with Gasteiger partial charge in [-0.1, -0.05) is 79.6 Å². The summed E-state index contributed by atoms with van der Waals surface area (Å²) in [6.45, 7) is 8.66. The minimum absolute atomic E-state index is 0.0154. The molecule has 0 unspecified atom stereocenters. The molecule has 0 aliphatic rings. The lowest BCUT2D eigenvalue weighted by atomic mass is 9.95. The minimum Gasteiger partial charge on any atom is -0.508 e. The summed E-state index contributed by atoms with van der Waals surface area (Å²) in [5.41, 5.74) is 22.8. The average Bonchev–Trinajstić information content (AvgIpc) is 2.98. The first-order valence-corrected chi connectivity index (χ1v) is 31.5. The molecule has 0 bridgehead atoms. The number of benzene rings is 7. The third-order valence-corrected chi connectivity index (χ3v) is 17.3. The summed E-state index contributed by atoms with van der Waals surface area (Å²) < 4.78 is 61.7. The van der Waals surface area contributed by atoms with Crippen LogP contribution in [0.1, 0.15) is 75.0 Å². The van der Waals surface area contributed by atoms with Crippen LogP contribution in [0.25, 0.3) is 11.1 Å². The average molecular weight is 1230 g/mol. The Balaban J connectivity index is 0.715. The van der Waals surface area contributed by atoms with Crippen LogP contribution in [-0.2, 0) is 65.3 Å². The van der Waals surface area contributed by atoms with E-state index in [0.29, 0.717) is 83.3 Å². The fourth-order valence-electron chi connectivity index (χ4n) is 9.69.